The van der Waals surface area contributed by atoms with Gasteiger partial charge in [-0.05, 0) is 42.0 Å². The van der Waals surface area contributed by atoms with E-state index in [0.29, 0.717) is 5.56 Å². The summed E-state index contributed by atoms with van der Waals surface area (Å²) in [6, 6.07) is 10.7. The highest BCUT2D eigenvalue weighted by molar-refractivity contribution is 5.88. The van der Waals surface area contributed by atoms with Crippen molar-refractivity contribution >= 4 is 23.0 Å². The molecule has 0 bridgehead atoms. The smallest absolute Gasteiger partial charge is 0.330 e. The number of fused-ring (bicyclic) bond motifs is 1. The van der Waals surface area contributed by atoms with Crippen molar-refractivity contribution in [2.75, 3.05) is 19.8 Å². The standard InChI is InChI=1S/C42H46O24/c43-12-23-29(52)34(57)39(41(61-23)64-37-31(54)27-21(49)10-18(46)11-22(27)60-36(37)16-4-7-19(47)20(48)9-16)66-42-38(33(56)28(51)24(13-44)62-42)65-40-35(58)32(55)30(53)25(63-40)14-59-26(50)8-3-15-1-5-17(45)6-2-15/h1-11,23-25,28-30,32-35,38-49,51-53,55-58H,12-14H2/t23-,24+,25+,28-,29-,30-,32+,33+,34-,35+,38+,39+,40-,41-,42-/m0/s1. The van der Waals surface area contributed by atoms with E-state index in [-0.39, 0.29) is 11.3 Å². The second-order valence-electron chi connectivity index (χ2n) is 15.4. The van der Waals surface area contributed by atoms with E-state index < -0.39 is 169 Å². The molecule has 14 N–H and O–H groups in total. The first-order valence-electron chi connectivity index (χ1n) is 20.0. The zero-order chi connectivity index (χ0) is 47.7. The van der Waals surface area contributed by atoms with Gasteiger partial charge in [0.15, 0.2) is 35.9 Å². The Morgan fingerprint density at radius 3 is 1.83 bits per heavy atom. The van der Waals surface area contributed by atoms with Gasteiger partial charge in [0.1, 0.15) is 102 Å². The fourth-order valence-electron chi connectivity index (χ4n) is 7.39. The average Bonchev–Trinajstić information content (AvgIpc) is 3.29. The molecule has 3 saturated heterocycles. The van der Waals surface area contributed by atoms with E-state index in [4.69, 9.17) is 37.6 Å². The van der Waals surface area contributed by atoms with Gasteiger partial charge in [0.25, 0.3) is 0 Å². The minimum absolute atomic E-state index is 0.0134. The van der Waals surface area contributed by atoms with Crippen LogP contribution in [0.4, 0.5) is 0 Å². The third-order valence-electron chi connectivity index (χ3n) is 11.0. The zero-order valence-corrected chi connectivity index (χ0v) is 34.0. The second-order valence-corrected chi connectivity index (χ2v) is 15.4. The van der Waals surface area contributed by atoms with Crippen molar-refractivity contribution in [1.29, 1.82) is 0 Å². The second kappa shape index (κ2) is 20.0. The van der Waals surface area contributed by atoms with Gasteiger partial charge in [-0.2, -0.15) is 0 Å². The maximum Gasteiger partial charge on any atom is 0.330 e. The molecule has 3 aliphatic heterocycles. The molecular formula is C42H46O24. The Morgan fingerprint density at radius 1 is 0.606 bits per heavy atom. The molecule has 15 atom stereocenters. The summed E-state index contributed by atoms with van der Waals surface area (Å²) in [4.78, 5) is 26.7. The Kier molecular flexibility index (Phi) is 14.7. The Bertz CT molecular complexity index is 2420. The van der Waals surface area contributed by atoms with E-state index >= 15 is 0 Å². The number of ether oxygens (including phenoxy) is 7. The molecule has 24 nitrogen and oxygen atoms in total. The highest BCUT2D eigenvalue weighted by Crippen LogP contribution is 2.40. The maximum atomic E-state index is 14.2. The molecule has 0 aliphatic carbocycles. The summed E-state index contributed by atoms with van der Waals surface area (Å²) >= 11 is 0. The number of aromatic hydroxyl groups is 5. The first kappa shape index (κ1) is 48.3. The van der Waals surface area contributed by atoms with Crippen molar-refractivity contribution in [1.82, 2.24) is 0 Å². The summed E-state index contributed by atoms with van der Waals surface area (Å²) < 4.78 is 45.9. The minimum Gasteiger partial charge on any atom is -0.508 e. The minimum atomic E-state index is -2.17. The van der Waals surface area contributed by atoms with Gasteiger partial charge in [-0.15, -0.1) is 0 Å². The molecule has 66 heavy (non-hydrogen) atoms. The van der Waals surface area contributed by atoms with Crippen molar-refractivity contribution in [3.8, 4) is 45.8 Å². The lowest BCUT2D eigenvalue weighted by Gasteiger charge is -2.48. The van der Waals surface area contributed by atoms with Gasteiger partial charge in [0.05, 0.1) is 13.2 Å². The molecular weight excluding hydrogens is 888 g/mol. The lowest BCUT2D eigenvalue weighted by atomic mass is 9.96. The molecule has 358 valence electrons. The first-order chi connectivity index (χ1) is 31.4. The molecule has 0 spiro atoms. The molecule has 3 aromatic carbocycles. The van der Waals surface area contributed by atoms with Crippen molar-refractivity contribution in [2.24, 2.45) is 0 Å². The highest BCUT2D eigenvalue weighted by atomic mass is 16.8. The van der Waals surface area contributed by atoms with Gasteiger partial charge in [0, 0.05) is 23.8 Å². The molecule has 4 heterocycles. The summed E-state index contributed by atoms with van der Waals surface area (Å²) in [6.07, 6.45) is -27.5. The topological polar surface area (TPSA) is 395 Å². The molecule has 7 rings (SSSR count). The van der Waals surface area contributed by atoms with E-state index in [1.54, 1.807) is 0 Å². The number of phenolic OH excluding ortho intramolecular Hbond substituents is 5. The molecule has 1 aromatic heterocycles. The Morgan fingerprint density at radius 2 is 1.20 bits per heavy atom. The number of benzene rings is 3. The number of hydrogen-bond acceptors (Lipinski definition) is 24. The summed E-state index contributed by atoms with van der Waals surface area (Å²) in [7, 11) is 0. The van der Waals surface area contributed by atoms with Crippen LogP contribution < -0.4 is 10.2 Å². The molecule has 4 aromatic rings. The molecule has 0 radical (unpaired) electrons. The largest absolute Gasteiger partial charge is 0.508 e. The molecule has 0 unspecified atom stereocenters. The molecule has 24 heteroatoms. The van der Waals surface area contributed by atoms with Crippen molar-refractivity contribution < 1.29 is 114 Å². The lowest BCUT2D eigenvalue weighted by Crippen LogP contribution is -2.67. The number of aliphatic hydroxyl groups excluding tert-OH is 9. The van der Waals surface area contributed by atoms with Crippen LogP contribution in [0, 0.1) is 0 Å². The number of esters is 1. The number of aliphatic hydroxyl groups is 9. The van der Waals surface area contributed by atoms with Crippen LogP contribution >= 0.6 is 0 Å². The Balaban J connectivity index is 1.19. The van der Waals surface area contributed by atoms with Crippen molar-refractivity contribution in [3.63, 3.8) is 0 Å². The van der Waals surface area contributed by atoms with Crippen LogP contribution in [-0.2, 0) is 33.2 Å². The summed E-state index contributed by atoms with van der Waals surface area (Å²) in [5.41, 5.74) is -1.21. The van der Waals surface area contributed by atoms with E-state index in [1.807, 2.05) is 0 Å². The van der Waals surface area contributed by atoms with Crippen LogP contribution in [-0.4, -0.2) is 189 Å². The van der Waals surface area contributed by atoms with Gasteiger partial charge >= 0.3 is 5.97 Å². The van der Waals surface area contributed by atoms with E-state index in [1.165, 1.54) is 36.4 Å². The van der Waals surface area contributed by atoms with Crippen molar-refractivity contribution in [2.45, 2.75) is 92.1 Å². The number of hydrogen-bond donors (Lipinski definition) is 14. The van der Waals surface area contributed by atoms with Crippen LogP contribution in [0.5, 0.6) is 34.5 Å². The number of phenols is 5. The van der Waals surface area contributed by atoms with Gasteiger partial charge < -0.3 is 109 Å². The SMILES string of the molecule is O=C(C=Cc1ccc(O)cc1)OC[C@H]1O[C@@H](O[C@H]2[C@H](O[C@H]3[C@H](Oc4c(-c5ccc(O)c(O)c5)oc5cc(O)cc(O)c5c4=O)O[C@@H](CO)[C@H](O)[C@@H]3O)O[C@H](CO)[C@H](O)[C@H]2O)[C@H](O)[C@H](O)[C@H]1O. The quantitative estimate of drug-likeness (QED) is 0.0363. The fraction of sp³-hybridized carbons (Fsp3) is 0.429. The zero-order valence-electron chi connectivity index (χ0n) is 34.0. The third-order valence-corrected chi connectivity index (χ3v) is 11.0. The summed E-state index contributed by atoms with van der Waals surface area (Å²) in [5, 5.41) is 147. The van der Waals surface area contributed by atoms with Crippen LogP contribution in [0.3, 0.4) is 0 Å². The van der Waals surface area contributed by atoms with Gasteiger partial charge in [-0.3, -0.25) is 4.79 Å². The van der Waals surface area contributed by atoms with Crippen LogP contribution in [0.1, 0.15) is 5.56 Å². The Hall–Kier alpha value is -5.68. The number of carbonyl (C=O) groups is 1. The highest BCUT2D eigenvalue weighted by Gasteiger charge is 2.55. The van der Waals surface area contributed by atoms with Gasteiger partial charge in [-0.1, -0.05) is 12.1 Å². The predicted molar refractivity (Wildman–Crippen MR) is 215 cm³/mol. The lowest BCUT2D eigenvalue weighted by molar-refractivity contribution is -0.389. The van der Waals surface area contributed by atoms with Gasteiger partial charge in [0.2, 0.25) is 17.5 Å². The molecule has 0 saturated carbocycles. The van der Waals surface area contributed by atoms with Crippen LogP contribution in [0.25, 0.3) is 28.4 Å². The molecule has 0 amide bonds. The predicted octanol–water partition coefficient (Wildman–Crippen LogP) is -2.92. The Labute approximate surface area is 370 Å². The maximum absolute atomic E-state index is 14.2. The molecule has 3 aliphatic rings. The van der Waals surface area contributed by atoms with Crippen molar-refractivity contribution in [3.05, 3.63) is 76.5 Å². The number of carbonyl (C=O) groups excluding carboxylic acids is 1. The van der Waals surface area contributed by atoms with Crippen LogP contribution in [0.15, 0.2) is 69.9 Å². The number of rotatable bonds is 13. The van der Waals surface area contributed by atoms with E-state index in [0.717, 1.165) is 30.3 Å². The first-order valence-corrected chi connectivity index (χ1v) is 20.0. The summed E-state index contributed by atoms with van der Waals surface area (Å²) in [6.45, 7) is -2.70. The van der Waals surface area contributed by atoms with Crippen LogP contribution in [0.2, 0.25) is 0 Å². The summed E-state index contributed by atoms with van der Waals surface area (Å²) in [5.74, 6) is -4.96. The third kappa shape index (κ3) is 9.87. The molecule has 3 fully saturated rings. The average molecular weight is 935 g/mol. The van der Waals surface area contributed by atoms with Gasteiger partial charge in [-0.25, -0.2) is 4.79 Å². The van der Waals surface area contributed by atoms with E-state index in [2.05, 4.69) is 0 Å². The fourth-order valence-corrected chi connectivity index (χ4v) is 7.39. The monoisotopic (exact) mass is 934 g/mol. The normalized spacial score (nSPS) is 32.7. The van der Waals surface area contributed by atoms with E-state index in [9.17, 15) is 81.1 Å².